The van der Waals surface area contributed by atoms with E-state index in [0.29, 0.717) is 58.1 Å². The predicted octanol–water partition coefficient (Wildman–Crippen LogP) is 6.47. The van der Waals surface area contributed by atoms with Crippen LogP contribution in [-0.2, 0) is 30.6 Å². The largest absolute Gasteiger partial charge is 0.343 e. The van der Waals surface area contributed by atoms with Gasteiger partial charge in [-0.05, 0) is 80.3 Å². The molecule has 1 amide bonds. The Morgan fingerprint density at radius 2 is 1.83 bits per heavy atom. The van der Waals surface area contributed by atoms with Gasteiger partial charge in [-0.1, -0.05) is 12.1 Å². The molecule has 1 saturated heterocycles. The number of likely N-dealkylation sites (N-methyl/N-ethyl adjacent to an activating group) is 2. The molecule has 6 rings (SSSR count). The van der Waals surface area contributed by atoms with Gasteiger partial charge in [0.15, 0.2) is 11.6 Å². The fourth-order valence-corrected chi connectivity index (χ4v) is 7.43. The fourth-order valence-electron chi connectivity index (χ4n) is 6.21. The van der Waals surface area contributed by atoms with Gasteiger partial charge in [0.2, 0.25) is 5.91 Å². The van der Waals surface area contributed by atoms with E-state index in [1.54, 1.807) is 49.5 Å². The molecule has 4 aromatic rings. The molecule has 2 aromatic carbocycles. The molecule has 2 aliphatic rings. The number of piperazine rings is 1. The third-order valence-electron chi connectivity index (χ3n) is 8.96. The monoisotopic (exact) mass is 663 g/mol. The Kier molecular flexibility index (Phi) is 9.08. The molecule has 246 valence electrons. The summed E-state index contributed by atoms with van der Waals surface area (Å²) in [7, 11) is 5.32. The number of Topliss-reactive ketones (excluding diaryl/α,β-unsaturated/α-hetero) is 1. The first-order valence-corrected chi connectivity index (χ1v) is 16.5. The van der Waals surface area contributed by atoms with Crippen molar-refractivity contribution in [3.8, 4) is 11.3 Å². The second-order valence-corrected chi connectivity index (χ2v) is 13.5. The van der Waals surface area contributed by atoms with Gasteiger partial charge in [-0.25, -0.2) is 18.2 Å². The minimum absolute atomic E-state index is 0.0247. The lowest BCUT2D eigenvalue weighted by Gasteiger charge is -2.37. The Morgan fingerprint density at radius 3 is 2.57 bits per heavy atom. The van der Waals surface area contributed by atoms with Crippen molar-refractivity contribution < 1.29 is 22.8 Å². The summed E-state index contributed by atoms with van der Waals surface area (Å²) in [6, 6.07) is 12.8. The number of thiophene rings is 1. The normalized spacial score (nSPS) is 17.9. The van der Waals surface area contributed by atoms with Crippen molar-refractivity contribution in [2.75, 3.05) is 32.5 Å². The molecule has 1 N–H and O–H groups in total. The van der Waals surface area contributed by atoms with Crippen LogP contribution in [0.4, 0.5) is 24.7 Å². The molecular weight excluding hydrogens is 627 g/mol. The zero-order valence-electron chi connectivity index (χ0n) is 26.5. The standard InChI is InChI=1S/C35H36F3N5O3S/c1-41-16-17-42(2)33(45)31(41)21-9-12-24(13-10-21)39-32-34(46)43(3)20-27(40-32)23-11-14-26(36)22(18-23)6-4-7-28(44)30-19-25-29(47-30)8-5-15-35(25,37)38/h9-14,18-20,31H,4-8,15-17H2,1-3H3,(H,39,40). The molecule has 0 saturated carbocycles. The van der Waals surface area contributed by atoms with Crippen molar-refractivity contribution >= 4 is 34.5 Å². The number of aryl methyl sites for hydroxylation is 3. The fraction of sp³-hybridized carbons (Fsp3) is 0.371. The molecule has 1 unspecified atom stereocenters. The molecule has 47 heavy (non-hydrogen) atoms. The van der Waals surface area contributed by atoms with Gasteiger partial charge in [0.1, 0.15) is 11.9 Å². The molecule has 12 heteroatoms. The maximum Gasteiger partial charge on any atom is 0.293 e. The van der Waals surface area contributed by atoms with E-state index in [0.717, 1.165) is 23.4 Å². The van der Waals surface area contributed by atoms with E-state index >= 15 is 0 Å². The number of anilines is 2. The zero-order chi connectivity index (χ0) is 33.5. The van der Waals surface area contributed by atoms with E-state index in [9.17, 15) is 27.6 Å². The average Bonchev–Trinajstić information content (AvgIpc) is 3.49. The van der Waals surface area contributed by atoms with E-state index in [1.807, 2.05) is 24.1 Å². The summed E-state index contributed by atoms with van der Waals surface area (Å²) in [6.07, 6.45) is 3.06. The number of carbonyl (C=O) groups excluding carboxylic acids is 2. The van der Waals surface area contributed by atoms with E-state index in [2.05, 4.69) is 10.3 Å². The molecule has 1 atom stereocenters. The number of halogens is 3. The average molecular weight is 664 g/mol. The number of alkyl halides is 2. The number of ketones is 1. The Morgan fingerprint density at radius 1 is 1.06 bits per heavy atom. The van der Waals surface area contributed by atoms with Gasteiger partial charge in [0.25, 0.3) is 11.5 Å². The predicted molar refractivity (Wildman–Crippen MR) is 176 cm³/mol. The van der Waals surface area contributed by atoms with Gasteiger partial charge in [-0.15, -0.1) is 11.3 Å². The molecule has 1 aliphatic carbocycles. The summed E-state index contributed by atoms with van der Waals surface area (Å²) in [5.41, 5.74) is 2.53. The van der Waals surface area contributed by atoms with Crippen molar-refractivity contribution in [3.05, 3.63) is 97.3 Å². The summed E-state index contributed by atoms with van der Waals surface area (Å²) < 4.78 is 44.8. The molecule has 0 spiro atoms. The number of aromatic nitrogens is 2. The first kappa shape index (κ1) is 32.6. The van der Waals surface area contributed by atoms with E-state index in [1.165, 1.54) is 16.7 Å². The van der Waals surface area contributed by atoms with Crippen LogP contribution in [0.2, 0.25) is 0 Å². The maximum absolute atomic E-state index is 14.8. The van der Waals surface area contributed by atoms with Gasteiger partial charge in [-0.3, -0.25) is 19.3 Å². The Hall–Kier alpha value is -4.29. The second-order valence-electron chi connectivity index (χ2n) is 12.4. The number of rotatable bonds is 9. The molecule has 2 aromatic heterocycles. The van der Waals surface area contributed by atoms with Crippen LogP contribution in [-0.4, -0.2) is 58.2 Å². The smallest absolute Gasteiger partial charge is 0.293 e. The number of carbonyl (C=O) groups is 2. The van der Waals surface area contributed by atoms with Crippen LogP contribution in [0.3, 0.4) is 0 Å². The molecule has 0 radical (unpaired) electrons. The topological polar surface area (TPSA) is 87.5 Å². The van der Waals surface area contributed by atoms with Crippen molar-refractivity contribution in [1.29, 1.82) is 0 Å². The van der Waals surface area contributed by atoms with Gasteiger partial charge in [0.05, 0.1) is 10.6 Å². The number of nitrogens with zero attached hydrogens (tertiary/aromatic N) is 4. The highest BCUT2D eigenvalue weighted by Crippen LogP contribution is 2.44. The summed E-state index contributed by atoms with van der Waals surface area (Å²) in [6.45, 7) is 1.44. The summed E-state index contributed by atoms with van der Waals surface area (Å²) >= 11 is 1.14. The van der Waals surface area contributed by atoms with Gasteiger partial charge >= 0.3 is 0 Å². The summed E-state index contributed by atoms with van der Waals surface area (Å²) in [5.74, 6) is -3.43. The maximum atomic E-state index is 14.8. The number of nitrogens with one attached hydrogen (secondary N) is 1. The lowest BCUT2D eigenvalue weighted by Crippen LogP contribution is -2.48. The van der Waals surface area contributed by atoms with Crippen molar-refractivity contribution in [2.24, 2.45) is 7.05 Å². The Bertz CT molecular complexity index is 1890. The summed E-state index contributed by atoms with van der Waals surface area (Å²) in [4.78, 5) is 47.8. The molecule has 8 nitrogen and oxygen atoms in total. The zero-order valence-corrected chi connectivity index (χ0v) is 27.3. The summed E-state index contributed by atoms with van der Waals surface area (Å²) in [5, 5.41) is 3.08. The number of benzene rings is 2. The Labute approximate surface area is 274 Å². The van der Waals surface area contributed by atoms with Crippen LogP contribution in [0.5, 0.6) is 0 Å². The molecule has 1 fully saturated rings. The first-order valence-electron chi connectivity index (χ1n) is 15.6. The highest BCUT2D eigenvalue weighted by molar-refractivity contribution is 7.14. The van der Waals surface area contributed by atoms with Crippen molar-refractivity contribution in [2.45, 2.75) is 50.5 Å². The number of hydrogen-bond donors (Lipinski definition) is 1. The van der Waals surface area contributed by atoms with Crippen molar-refractivity contribution in [3.63, 3.8) is 0 Å². The highest BCUT2D eigenvalue weighted by Gasteiger charge is 2.38. The van der Waals surface area contributed by atoms with Crippen LogP contribution in [0.15, 0.2) is 59.5 Å². The van der Waals surface area contributed by atoms with Gasteiger partial charge in [-0.2, -0.15) is 0 Å². The third kappa shape index (κ3) is 6.75. The lowest BCUT2D eigenvalue weighted by molar-refractivity contribution is -0.139. The highest BCUT2D eigenvalue weighted by atomic mass is 32.1. The number of hydrogen-bond acceptors (Lipinski definition) is 7. The first-order chi connectivity index (χ1) is 22.4. The number of amides is 1. The van der Waals surface area contributed by atoms with Crippen LogP contribution < -0.4 is 10.9 Å². The molecule has 3 heterocycles. The minimum atomic E-state index is -2.90. The quantitative estimate of drug-likeness (QED) is 0.207. The number of fused-ring (bicyclic) bond motifs is 1. The van der Waals surface area contributed by atoms with Gasteiger partial charge in [0, 0.05) is 67.9 Å². The van der Waals surface area contributed by atoms with Crippen molar-refractivity contribution in [1.82, 2.24) is 19.4 Å². The third-order valence-corrected chi connectivity index (χ3v) is 10.2. The van der Waals surface area contributed by atoms with Crippen LogP contribution in [0.1, 0.15) is 63.0 Å². The van der Waals surface area contributed by atoms with Crippen LogP contribution >= 0.6 is 11.3 Å². The van der Waals surface area contributed by atoms with Crippen LogP contribution in [0, 0.1) is 5.82 Å². The molecular formula is C35H36F3N5O3S. The lowest BCUT2D eigenvalue weighted by atomic mass is 9.94. The van der Waals surface area contributed by atoms with Crippen LogP contribution in [0.25, 0.3) is 11.3 Å². The van der Waals surface area contributed by atoms with Gasteiger partial charge < -0.3 is 14.8 Å². The molecule has 0 bridgehead atoms. The minimum Gasteiger partial charge on any atom is -0.343 e. The van der Waals surface area contributed by atoms with E-state index in [4.69, 9.17) is 0 Å². The second kappa shape index (κ2) is 13.1. The van der Waals surface area contributed by atoms with E-state index < -0.39 is 11.7 Å². The molecule has 1 aliphatic heterocycles. The Balaban J connectivity index is 1.15. The SMILES string of the molecule is CN1CCN(C)C(c2ccc(Nc3nc(-c4ccc(F)c(CCCC(=O)c5cc6c(s5)CCCC6(F)F)c4)cn(C)c3=O)cc2)C1=O. The van der Waals surface area contributed by atoms with E-state index in [-0.39, 0.29) is 53.9 Å².